The van der Waals surface area contributed by atoms with Crippen molar-refractivity contribution < 1.29 is 5.11 Å². The second-order valence-electron chi connectivity index (χ2n) is 4.15. The van der Waals surface area contributed by atoms with Crippen molar-refractivity contribution in [3.8, 4) is 0 Å². The Bertz CT molecular complexity index is 295. The Morgan fingerprint density at radius 2 is 2.43 bits per heavy atom. The van der Waals surface area contributed by atoms with Gasteiger partial charge >= 0.3 is 0 Å². The van der Waals surface area contributed by atoms with E-state index in [-0.39, 0.29) is 6.10 Å². The van der Waals surface area contributed by atoms with E-state index in [1.165, 1.54) is 12.0 Å². The van der Waals surface area contributed by atoms with E-state index < -0.39 is 0 Å². The summed E-state index contributed by atoms with van der Waals surface area (Å²) in [5.74, 6) is 0.527. The van der Waals surface area contributed by atoms with E-state index in [4.69, 9.17) is 0 Å². The smallest absolute Gasteiger partial charge is 0.0546 e. The molecule has 0 radical (unpaired) electrons. The molecule has 0 bridgehead atoms. The van der Waals surface area contributed by atoms with Crippen LogP contribution < -0.4 is 0 Å². The van der Waals surface area contributed by atoms with E-state index in [0.29, 0.717) is 5.92 Å². The molecule has 3 nitrogen and oxygen atoms in total. The highest BCUT2D eigenvalue weighted by atomic mass is 16.3. The zero-order chi connectivity index (χ0) is 9.97. The van der Waals surface area contributed by atoms with Gasteiger partial charge in [-0.25, -0.2) is 0 Å². The molecular formula is C11H18N2O. The highest BCUT2D eigenvalue weighted by Crippen LogP contribution is 2.32. The summed E-state index contributed by atoms with van der Waals surface area (Å²) in [5.41, 5.74) is 1.30. The minimum Gasteiger partial charge on any atom is -0.393 e. The van der Waals surface area contributed by atoms with Gasteiger partial charge in [0.2, 0.25) is 0 Å². The molecule has 1 fully saturated rings. The summed E-state index contributed by atoms with van der Waals surface area (Å²) in [6, 6.07) is 0. The van der Waals surface area contributed by atoms with E-state index in [1.807, 2.05) is 10.9 Å². The quantitative estimate of drug-likeness (QED) is 0.781. The topological polar surface area (TPSA) is 38.0 Å². The average Bonchev–Trinajstić information content (AvgIpc) is 2.66. The Hall–Kier alpha value is -0.830. The molecule has 1 aliphatic rings. The van der Waals surface area contributed by atoms with Crippen LogP contribution in [-0.2, 0) is 6.54 Å². The normalized spacial score (nSPS) is 27.9. The van der Waals surface area contributed by atoms with E-state index >= 15 is 0 Å². The van der Waals surface area contributed by atoms with Crippen LogP contribution in [0.4, 0.5) is 0 Å². The van der Waals surface area contributed by atoms with Crippen molar-refractivity contribution in [2.24, 2.45) is 0 Å². The molecule has 2 atom stereocenters. The lowest BCUT2D eigenvalue weighted by Gasteiger charge is -2.24. The van der Waals surface area contributed by atoms with Crippen LogP contribution in [0.5, 0.6) is 0 Å². The molecular weight excluding hydrogens is 176 g/mol. The van der Waals surface area contributed by atoms with Gasteiger partial charge in [0.15, 0.2) is 0 Å². The van der Waals surface area contributed by atoms with Gasteiger partial charge in [-0.05, 0) is 37.7 Å². The van der Waals surface area contributed by atoms with Crippen LogP contribution in [-0.4, -0.2) is 21.0 Å². The number of aryl methyl sites for hydroxylation is 1. The monoisotopic (exact) mass is 194 g/mol. The molecule has 1 heterocycles. The van der Waals surface area contributed by atoms with Gasteiger partial charge in [-0.2, -0.15) is 5.10 Å². The third-order valence-electron chi connectivity index (χ3n) is 3.10. The average molecular weight is 194 g/mol. The summed E-state index contributed by atoms with van der Waals surface area (Å²) in [6.45, 7) is 3.02. The predicted molar refractivity (Wildman–Crippen MR) is 55.1 cm³/mol. The van der Waals surface area contributed by atoms with Crippen LogP contribution >= 0.6 is 0 Å². The van der Waals surface area contributed by atoms with Crippen LogP contribution in [0.15, 0.2) is 12.4 Å². The van der Waals surface area contributed by atoms with Gasteiger partial charge in [0.05, 0.1) is 12.3 Å². The van der Waals surface area contributed by atoms with Gasteiger partial charge in [-0.15, -0.1) is 0 Å². The molecule has 1 aromatic heterocycles. The van der Waals surface area contributed by atoms with Crippen molar-refractivity contribution >= 4 is 0 Å². The summed E-state index contributed by atoms with van der Waals surface area (Å²) in [7, 11) is 0. The van der Waals surface area contributed by atoms with Gasteiger partial charge in [0.25, 0.3) is 0 Å². The van der Waals surface area contributed by atoms with Crippen molar-refractivity contribution in [1.82, 2.24) is 9.78 Å². The van der Waals surface area contributed by atoms with Crippen molar-refractivity contribution in [2.45, 2.75) is 51.2 Å². The molecule has 1 N–H and O–H groups in total. The third kappa shape index (κ3) is 1.98. The van der Waals surface area contributed by atoms with Gasteiger partial charge in [-0.1, -0.05) is 6.42 Å². The molecule has 1 aromatic rings. The van der Waals surface area contributed by atoms with E-state index in [9.17, 15) is 5.11 Å². The lowest BCUT2D eigenvalue weighted by molar-refractivity contribution is 0.119. The van der Waals surface area contributed by atoms with Crippen LogP contribution in [0.3, 0.4) is 0 Å². The van der Waals surface area contributed by atoms with E-state index in [1.54, 1.807) is 0 Å². The van der Waals surface area contributed by atoms with Crippen molar-refractivity contribution in [3.05, 3.63) is 18.0 Å². The first-order valence-electron chi connectivity index (χ1n) is 5.50. The SMILES string of the molecule is CCn1cc(C2CCCC(O)C2)cn1. The summed E-state index contributed by atoms with van der Waals surface area (Å²) in [5, 5.41) is 13.8. The number of nitrogens with zero attached hydrogens (tertiary/aromatic N) is 2. The largest absolute Gasteiger partial charge is 0.393 e. The molecule has 0 amide bonds. The fourth-order valence-electron chi connectivity index (χ4n) is 2.23. The maximum absolute atomic E-state index is 9.58. The molecule has 0 spiro atoms. The number of rotatable bonds is 2. The number of hydrogen-bond donors (Lipinski definition) is 1. The maximum Gasteiger partial charge on any atom is 0.0546 e. The molecule has 0 aromatic carbocycles. The Kier molecular flexibility index (Phi) is 2.87. The Morgan fingerprint density at radius 1 is 1.57 bits per heavy atom. The first-order chi connectivity index (χ1) is 6.79. The highest BCUT2D eigenvalue weighted by Gasteiger charge is 2.22. The second-order valence-corrected chi connectivity index (χ2v) is 4.15. The minimum absolute atomic E-state index is 0.0984. The molecule has 1 aliphatic carbocycles. The Labute approximate surface area is 84.7 Å². The van der Waals surface area contributed by atoms with Crippen LogP contribution in [0, 0.1) is 0 Å². The molecule has 14 heavy (non-hydrogen) atoms. The molecule has 2 rings (SSSR count). The first-order valence-corrected chi connectivity index (χ1v) is 5.50. The van der Waals surface area contributed by atoms with Gasteiger partial charge < -0.3 is 5.11 Å². The zero-order valence-electron chi connectivity index (χ0n) is 8.69. The Balaban J connectivity index is 2.06. The van der Waals surface area contributed by atoms with Crippen LogP contribution in [0.2, 0.25) is 0 Å². The lowest BCUT2D eigenvalue weighted by atomic mass is 9.84. The van der Waals surface area contributed by atoms with Gasteiger partial charge in [0, 0.05) is 12.7 Å². The zero-order valence-corrected chi connectivity index (χ0v) is 8.69. The lowest BCUT2D eigenvalue weighted by Crippen LogP contribution is -2.17. The molecule has 2 unspecified atom stereocenters. The number of aliphatic hydroxyl groups is 1. The second kappa shape index (κ2) is 4.13. The molecule has 0 saturated heterocycles. The molecule has 78 valence electrons. The van der Waals surface area contributed by atoms with Crippen molar-refractivity contribution in [3.63, 3.8) is 0 Å². The van der Waals surface area contributed by atoms with Gasteiger partial charge in [-0.3, -0.25) is 4.68 Å². The molecule has 3 heteroatoms. The fourth-order valence-corrected chi connectivity index (χ4v) is 2.23. The highest BCUT2D eigenvalue weighted by molar-refractivity contribution is 5.12. The van der Waals surface area contributed by atoms with Crippen LogP contribution in [0.1, 0.15) is 44.1 Å². The maximum atomic E-state index is 9.58. The van der Waals surface area contributed by atoms with Crippen molar-refractivity contribution in [1.29, 1.82) is 0 Å². The summed E-state index contributed by atoms with van der Waals surface area (Å²) in [4.78, 5) is 0. The third-order valence-corrected chi connectivity index (χ3v) is 3.10. The minimum atomic E-state index is -0.0984. The Morgan fingerprint density at radius 3 is 3.07 bits per heavy atom. The number of hydrogen-bond acceptors (Lipinski definition) is 2. The van der Waals surface area contributed by atoms with E-state index in [2.05, 4.69) is 18.2 Å². The number of aliphatic hydroxyl groups excluding tert-OH is 1. The summed E-state index contributed by atoms with van der Waals surface area (Å²) < 4.78 is 1.95. The summed E-state index contributed by atoms with van der Waals surface area (Å²) in [6.07, 6.45) is 8.19. The fraction of sp³-hybridized carbons (Fsp3) is 0.727. The van der Waals surface area contributed by atoms with Gasteiger partial charge in [0.1, 0.15) is 0 Å². The van der Waals surface area contributed by atoms with E-state index in [0.717, 1.165) is 25.8 Å². The first kappa shape index (κ1) is 9.71. The standard InChI is InChI=1S/C11H18N2O/c1-2-13-8-10(7-12-13)9-4-3-5-11(14)6-9/h7-9,11,14H,2-6H2,1H3. The van der Waals surface area contributed by atoms with Crippen molar-refractivity contribution in [2.75, 3.05) is 0 Å². The molecule has 0 aliphatic heterocycles. The van der Waals surface area contributed by atoms with Crippen LogP contribution in [0.25, 0.3) is 0 Å². The molecule has 1 saturated carbocycles. The predicted octanol–water partition coefficient (Wildman–Crippen LogP) is 1.92. The summed E-state index contributed by atoms with van der Waals surface area (Å²) >= 11 is 0. The number of aromatic nitrogens is 2.